The highest BCUT2D eigenvalue weighted by atomic mass is 16.5. The lowest BCUT2D eigenvalue weighted by molar-refractivity contribution is -0.111. The van der Waals surface area contributed by atoms with Gasteiger partial charge >= 0.3 is 0 Å². The number of hydrogen-bond donors (Lipinski definition) is 1. The first-order chi connectivity index (χ1) is 14.7. The molecule has 0 atom stereocenters. The fourth-order valence-corrected chi connectivity index (χ4v) is 2.88. The van der Waals surface area contributed by atoms with Crippen LogP contribution < -0.4 is 10.1 Å². The maximum Gasteiger partial charge on any atom is 0.248 e. The molecule has 0 spiro atoms. The minimum atomic E-state index is -0.220. The van der Waals surface area contributed by atoms with E-state index in [1.54, 1.807) is 35.4 Å². The van der Waals surface area contributed by atoms with E-state index < -0.39 is 0 Å². The average molecular weight is 396 g/mol. The van der Waals surface area contributed by atoms with E-state index in [9.17, 15) is 4.79 Å². The van der Waals surface area contributed by atoms with Crippen LogP contribution in [-0.2, 0) is 4.79 Å². The van der Waals surface area contributed by atoms with Crippen LogP contribution in [-0.4, -0.2) is 20.7 Å². The molecular weight excluding hydrogens is 376 g/mol. The number of hydrogen-bond acceptors (Lipinski definition) is 4. The number of pyridine rings is 1. The number of carbonyl (C=O) groups is 1. The summed E-state index contributed by atoms with van der Waals surface area (Å²) in [5.41, 5.74) is 3.40. The molecule has 30 heavy (non-hydrogen) atoms. The van der Waals surface area contributed by atoms with E-state index in [0.29, 0.717) is 17.2 Å². The van der Waals surface area contributed by atoms with Gasteiger partial charge in [-0.2, -0.15) is 5.10 Å². The summed E-state index contributed by atoms with van der Waals surface area (Å²) in [6, 6.07) is 19.0. The maximum atomic E-state index is 12.3. The Kier molecular flexibility index (Phi) is 5.66. The Morgan fingerprint density at radius 1 is 1.07 bits per heavy atom. The van der Waals surface area contributed by atoms with Crippen LogP contribution in [0.2, 0.25) is 0 Å². The predicted octanol–water partition coefficient (Wildman–Crippen LogP) is 5.02. The molecule has 1 N–H and O–H groups in total. The number of rotatable bonds is 6. The molecule has 0 aliphatic rings. The van der Waals surface area contributed by atoms with Crippen LogP contribution in [0, 0.1) is 6.92 Å². The standard InChI is InChI=1S/C24H20N4O2/c1-18-14-20(10-11-23(18)30-22-8-5-13-25-16-22)27-24(29)12-9-19-15-26-28(17-19)21-6-3-2-4-7-21/h2-17H,1H3,(H,27,29)/b12-9+. The van der Waals surface area contributed by atoms with Gasteiger partial charge in [0.1, 0.15) is 11.5 Å². The lowest BCUT2D eigenvalue weighted by Gasteiger charge is -2.10. The summed E-state index contributed by atoms with van der Waals surface area (Å²) in [5.74, 6) is 1.16. The summed E-state index contributed by atoms with van der Waals surface area (Å²) in [6.45, 7) is 1.93. The summed E-state index contributed by atoms with van der Waals surface area (Å²) < 4.78 is 7.58. The molecule has 1 amide bonds. The van der Waals surface area contributed by atoms with E-state index in [2.05, 4.69) is 15.4 Å². The number of aryl methyl sites for hydroxylation is 1. The van der Waals surface area contributed by atoms with Crippen molar-refractivity contribution in [2.75, 3.05) is 5.32 Å². The van der Waals surface area contributed by atoms with E-state index in [-0.39, 0.29) is 5.91 Å². The van der Waals surface area contributed by atoms with E-state index in [4.69, 9.17) is 4.74 Å². The Hall–Kier alpha value is -4.19. The molecule has 2 aromatic heterocycles. The van der Waals surface area contributed by atoms with E-state index in [1.807, 2.05) is 67.7 Å². The van der Waals surface area contributed by atoms with E-state index in [0.717, 1.165) is 16.8 Å². The summed E-state index contributed by atoms with van der Waals surface area (Å²) in [4.78, 5) is 16.3. The summed E-state index contributed by atoms with van der Waals surface area (Å²) >= 11 is 0. The molecule has 4 rings (SSSR count). The van der Waals surface area contributed by atoms with Gasteiger partial charge in [-0.25, -0.2) is 4.68 Å². The first-order valence-electron chi connectivity index (χ1n) is 9.45. The van der Waals surface area contributed by atoms with Crippen molar-refractivity contribution in [1.29, 1.82) is 0 Å². The van der Waals surface area contributed by atoms with Crippen LogP contribution in [0.3, 0.4) is 0 Å². The molecule has 0 fully saturated rings. The molecule has 0 radical (unpaired) electrons. The van der Waals surface area contributed by atoms with Gasteiger partial charge in [0.05, 0.1) is 18.1 Å². The third kappa shape index (κ3) is 4.80. The van der Waals surface area contributed by atoms with Gasteiger partial charge in [-0.05, 0) is 61.0 Å². The molecule has 2 heterocycles. The van der Waals surface area contributed by atoms with Crippen LogP contribution in [0.25, 0.3) is 11.8 Å². The van der Waals surface area contributed by atoms with Crippen molar-refractivity contribution in [2.45, 2.75) is 6.92 Å². The zero-order chi connectivity index (χ0) is 20.8. The highest BCUT2D eigenvalue weighted by molar-refractivity contribution is 6.02. The van der Waals surface area contributed by atoms with Gasteiger partial charge in [0.25, 0.3) is 0 Å². The molecule has 0 saturated heterocycles. The number of benzene rings is 2. The van der Waals surface area contributed by atoms with Gasteiger partial charge in [-0.1, -0.05) is 18.2 Å². The molecule has 6 nitrogen and oxygen atoms in total. The minimum Gasteiger partial charge on any atom is -0.455 e. The fraction of sp³-hybridized carbons (Fsp3) is 0.0417. The topological polar surface area (TPSA) is 69.0 Å². The second kappa shape index (κ2) is 8.87. The van der Waals surface area contributed by atoms with Crippen molar-refractivity contribution in [3.05, 3.63) is 103 Å². The first-order valence-corrected chi connectivity index (χ1v) is 9.45. The van der Waals surface area contributed by atoms with Gasteiger partial charge in [-0.3, -0.25) is 9.78 Å². The highest BCUT2D eigenvalue weighted by Crippen LogP contribution is 2.26. The molecule has 0 bridgehead atoms. The smallest absolute Gasteiger partial charge is 0.248 e. The number of nitrogens with one attached hydrogen (secondary N) is 1. The van der Waals surface area contributed by atoms with Gasteiger partial charge in [-0.15, -0.1) is 0 Å². The summed E-state index contributed by atoms with van der Waals surface area (Å²) in [5, 5.41) is 7.18. The molecule has 0 aliphatic carbocycles. The van der Waals surface area contributed by atoms with E-state index in [1.165, 1.54) is 6.08 Å². The molecule has 2 aromatic carbocycles. The third-order valence-corrected chi connectivity index (χ3v) is 4.36. The van der Waals surface area contributed by atoms with Crippen molar-refractivity contribution >= 4 is 17.7 Å². The second-order valence-corrected chi connectivity index (χ2v) is 6.65. The molecule has 4 aromatic rings. The molecule has 0 saturated carbocycles. The largest absolute Gasteiger partial charge is 0.455 e. The zero-order valence-corrected chi connectivity index (χ0v) is 16.4. The Labute approximate surface area is 174 Å². The van der Waals surface area contributed by atoms with Crippen LogP contribution >= 0.6 is 0 Å². The number of carbonyl (C=O) groups excluding carboxylic acids is 1. The summed E-state index contributed by atoms with van der Waals surface area (Å²) in [6.07, 6.45) is 10.1. The molecule has 6 heteroatoms. The monoisotopic (exact) mass is 396 g/mol. The highest BCUT2D eigenvalue weighted by Gasteiger charge is 2.05. The van der Waals surface area contributed by atoms with Crippen LogP contribution in [0.4, 0.5) is 5.69 Å². The lowest BCUT2D eigenvalue weighted by Crippen LogP contribution is -2.07. The maximum absolute atomic E-state index is 12.3. The lowest BCUT2D eigenvalue weighted by atomic mass is 10.2. The molecule has 0 aliphatic heterocycles. The van der Waals surface area contributed by atoms with Crippen molar-refractivity contribution < 1.29 is 9.53 Å². The molecule has 0 unspecified atom stereocenters. The zero-order valence-electron chi connectivity index (χ0n) is 16.4. The number of aromatic nitrogens is 3. The number of anilines is 1. The second-order valence-electron chi connectivity index (χ2n) is 6.65. The SMILES string of the molecule is Cc1cc(NC(=O)/C=C/c2cnn(-c3ccccc3)c2)ccc1Oc1cccnc1. The van der Waals surface area contributed by atoms with E-state index >= 15 is 0 Å². The molecular formula is C24H20N4O2. The number of amides is 1. The number of ether oxygens (including phenoxy) is 1. The Balaban J connectivity index is 1.38. The number of para-hydroxylation sites is 1. The van der Waals surface area contributed by atoms with Gasteiger partial charge in [0.15, 0.2) is 0 Å². The normalized spacial score (nSPS) is 10.8. The van der Waals surface area contributed by atoms with Gasteiger partial charge in [0.2, 0.25) is 5.91 Å². The first kappa shape index (κ1) is 19.1. The third-order valence-electron chi connectivity index (χ3n) is 4.36. The Morgan fingerprint density at radius 2 is 1.93 bits per heavy atom. The minimum absolute atomic E-state index is 0.220. The van der Waals surface area contributed by atoms with Crippen LogP contribution in [0.5, 0.6) is 11.5 Å². The number of nitrogens with zero attached hydrogens (tertiary/aromatic N) is 3. The fourth-order valence-electron chi connectivity index (χ4n) is 2.88. The van der Waals surface area contributed by atoms with Gasteiger partial charge < -0.3 is 10.1 Å². The van der Waals surface area contributed by atoms with Crippen LogP contribution in [0.1, 0.15) is 11.1 Å². The van der Waals surface area contributed by atoms with Crippen molar-refractivity contribution in [3.63, 3.8) is 0 Å². The van der Waals surface area contributed by atoms with Crippen molar-refractivity contribution in [2.24, 2.45) is 0 Å². The molecule has 148 valence electrons. The van der Waals surface area contributed by atoms with Crippen molar-refractivity contribution in [1.82, 2.24) is 14.8 Å². The Morgan fingerprint density at radius 3 is 2.70 bits per heavy atom. The Bertz CT molecular complexity index is 1170. The van der Waals surface area contributed by atoms with Crippen molar-refractivity contribution in [3.8, 4) is 17.2 Å². The van der Waals surface area contributed by atoms with Crippen LogP contribution in [0.15, 0.2) is 91.5 Å². The van der Waals surface area contributed by atoms with Gasteiger partial charge in [0, 0.05) is 29.7 Å². The average Bonchev–Trinajstić information content (AvgIpc) is 3.25. The predicted molar refractivity (Wildman–Crippen MR) is 117 cm³/mol. The summed E-state index contributed by atoms with van der Waals surface area (Å²) in [7, 11) is 0. The quantitative estimate of drug-likeness (QED) is 0.465.